The zero-order valence-corrected chi connectivity index (χ0v) is 10.2. The van der Waals surface area contributed by atoms with Crippen molar-refractivity contribution in [2.75, 3.05) is 5.32 Å². The summed E-state index contributed by atoms with van der Waals surface area (Å²) in [5.74, 6) is 0.267. The molecule has 0 amide bonds. The molecule has 0 spiro atoms. The van der Waals surface area contributed by atoms with E-state index in [-0.39, 0.29) is 11.9 Å². The molecule has 1 aromatic heterocycles. The Kier molecular flexibility index (Phi) is 3.73. The Balaban J connectivity index is 2.21. The van der Waals surface area contributed by atoms with Gasteiger partial charge in [-0.15, -0.1) is 0 Å². The first-order valence-corrected chi connectivity index (χ1v) is 6.14. The highest BCUT2D eigenvalue weighted by Gasteiger charge is 2.35. The quantitative estimate of drug-likeness (QED) is 0.882. The van der Waals surface area contributed by atoms with Gasteiger partial charge in [-0.1, -0.05) is 19.3 Å². The minimum Gasteiger partial charge on any atom is -0.367 e. The number of hydrogen-bond acceptors (Lipinski definition) is 3. The largest absolute Gasteiger partial charge is 0.421 e. The highest BCUT2D eigenvalue weighted by atomic mass is 19.4. The van der Waals surface area contributed by atoms with E-state index in [1.165, 1.54) is 0 Å². The van der Waals surface area contributed by atoms with Crippen LogP contribution in [0.5, 0.6) is 0 Å². The number of hydrogen-bond donors (Lipinski definition) is 1. The molecule has 100 valence electrons. The minimum absolute atomic E-state index is 0.0816. The average Bonchev–Trinajstić information content (AvgIpc) is 2.28. The Morgan fingerprint density at radius 1 is 1.22 bits per heavy atom. The van der Waals surface area contributed by atoms with Gasteiger partial charge in [0.1, 0.15) is 17.2 Å². The lowest BCUT2D eigenvalue weighted by Crippen LogP contribution is -2.25. The van der Waals surface area contributed by atoms with E-state index in [2.05, 4.69) is 15.3 Å². The van der Waals surface area contributed by atoms with E-state index in [0.29, 0.717) is 5.82 Å². The first kappa shape index (κ1) is 13.1. The number of nitrogens with zero attached hydrogens (tertiary/aromatic N) is 2. The molecule has 3 nitrogen and oxygen atoms in total. The van der Waals surface area contributed by atoms with Gasteiger partial charge < -0.3 is 5.32 Å². The van der Waals surface area contributed by atoms with E-state index >= 15 is 0 Å². The Hall–Kier alpha value is -1.33. The highest BCUT2D eigenvalue weighted by molar-refractivity contribution is 5.45. The third-order valence-corrected chi connectivity index (χ3v) is 3.16. The van der Waals surface area contributed by atoms with Gasteiger partial charge in [0.05, 0.1) is 0 Å². The van der Waals surface area contributed by atoms with E-state index in [0.717, 1.165) is 38.3 Å². The maximum absolute atomic E-state index is 12.8. The topological polar surface area (TPSA) is 37.8 Å². The van der Waals surface area contributed by atoms with Crippen LogP contribution in [0.3, 0.4) is 0 Å². The molecule has 0 bridgehead atoms. The Bertz CT molecular complexity index is 412. The second-order valence-corrected chi connectivity index (χ2v) is 4.66. The molecule has 1 N–H and O–H groups in total. The van der Waals surface area contributed by atoms with Crippen LogP contribution in [0.1, 0.15) is 43.5 Å². The van der Waals surface area contributed by atoms with E-state index < -0.39 is 11.7 Å². The molecule has 1 aromatic rings. The first-order valence-electron chi connectivity index (χ1n) is 6.14. The molecular weight excluding hydrogens is 243 g/mol. The first-order chi connectivity index (χ1) is 8.47. The van der Waals surface area contributed by atoms with Gasteiger partial charge in [0.2, 0.25) is 0 Å². The summed E-state index contributed by atoms with van der Waals surface area (Å²) >= 11 is 0. The van der Waals surface area contributed by atoms with Crippen molar-refractivity contribution in [2.45, 2.75) is 51.2 Å². The van der Waals surface area contributed by atoms with Crippen LogP contribution in [0, 0.1) is 6.92 Å². The Morgan fingerprint density at radius 2 is 1.89 bits per heavy atom. The maximum Gasteiger partial charge on any atom is 0.421 e. The number of halogens is 3. The normalized spacial score (nSPS) is 17.8. The van der Waals surface area contributed by atoms with Crippen molar-refractivity contribution in [1.29, 1.82) is 0 Å². The van der Waals surface area contributed by atoms with E-state index in [1.807, 2.05) is 0 Å². The van der Waals surface area contributed by atoms with E-state index in [1.54, 1.807) is 6.92 Å². The van der Waals surface area contributed by atoms with Gasteiger partial charge in [-0.2, -0.15) is 13.2 Å². The smallest absolute Gasteiger partial charge is 0.367 e. The number of alkyl halides is 3. The summed E-state index contributed by atoms with van der Waals surface area (Å²) in [7, 11) is 0. The summed E-state index contributed by atoms with van der Waals surface area (Å²) in [6.07, 6.45) is 1.53. The van der Waals surface area contributed by atoms with Crippen LogP contribution < -0.4 is 5.32 Å². The Morgan fingerprint density at radius 3 is 2.50 bits per heavy atom. The molecule has 0 atom stereocenters. The summed E-state index contributed by atoms with van der Waals surface area (Å²) in [6.45, 7) is 1.59. The molecule has 1 fully saturated rings. The summed E-state index contributed by atoms with van der Waals surface area (Å²) in [4.78, 5) is 7.52. The molecule has 0 radical (unpaired) electrons. The minimum atomic E-state index is -4.41. The molecule has 1 aliphatic carbocycles. The summed E-state index contributed by atoms with van der Waals surface area (Å²) < 4.78 is 38.4. The van der Waals surface area contributed by atoms with Crippen molar-refractivity contribution < 1.29 is 13.2 Å². The molecule has 0 unspecified atom stereocenters. The van der Waals surface area contributed by atoms with Crippen LogP contribution in [-0.2, 0) is 6.18 Å². The number of anilines is 1. The van der Waals surface area contributed by atoms with Crippen molar-refractivity contribution in [3.05, 3.63) is 17.6 Å². The van der Waals surface area contributed by atoms with Crippen LogP contribution >= 0.6 is 0 Å². The zero-order chi connectivity index (χ0) is 13.2. The van der Waals surface area contributed by atoms with Crippen LogP contribution in [0.25, 0.3) is 0 Å². The Labute approximate surface area is 104 Å². The second-order valence-electron chi connectivity index (χ2n) is 4.66. The van der Waals surface area contributed by atoms with Gasteiger partial charge >= 0.3 is 6.18 Å². The van der Waals surface area contributed by atoms with Crippen molar-refractivity contribution in [2.24, 2.45) is 0 Å². The molecular formula is C12H16F3N3. The predicted molar refractivity (Wildman–Crippen MR) is 62.3 cm³/mol. The second kappa shape index (κ2) is 5.12. The van der Waals surface area contributed by atoms with Gasteiger partial charge in [-0.25, -0.2) is 9.97 Å². The molecule has 6 heteroatoms. The van der Waals surface area contributed by atoms with Crippen molar-refractivity contribution in [1.82, 2.24) is 9.97 Å². The van der Waals surface area contributed by atoms with Crippen molar-refractivity contribution in [3.8, 4) is 0 Å². The van der Waals surface area contributed by atoms with Gasteiger partial charge in [-0.3, -0.25) is 0 Å². The predicted octanol–water partition coefficient (Wildman–Crippen LogP) is 3.55. The average molecular weight is 259 g/mol. The van der Waals surface area contributed by atoms with Crippen molar-refractivity contribution >= 4 is 5.82 Å². The van der Waals surface area contributed by atoms with Gasteiger partial charge in [0, 0.05) is 12.2 Å². The fourth-order valence-corrected chi connectivity index (χ4v) is 2.23. The highest BCUT2D eigenvalue weighted by Crippen LogP contribution is 2.34. The number of nitrogens with one attached hydrogen (secondary N) is 1. The fourth-order valence-electron chi connectivity index (χ4n) is 2.23. The number of rotatable bonds is 2. The molecule has 0 saturated heterocycles. The molecule has 0 aromatic carbocycles. The lowest BCUT2D eigenvalue weighted by atomic mass is 9.95. The SMILES string of the molecule is Cc1ncc(C(F)(F)F)c(NC2CCCCC2)n1. The van der Waals surface area contributed by atoms with E-state index in [9.17, 15) is 13.2 Å². The summed E-state index contributed by atoms with van der Waals surface area (Å²) in [6, 6.07) is 0.0918. The third kappa shape index (κ3) is 3.11. The monoisotopic (exact) mass is 259 g/mol. The standard InChI is InChI=1S/C12H16F3N3/c1-8-16-7-10(12(13,14)15)11(17-8)18-9-5-3-2-4-6-9/h7,9H,2-6H2,1H3,(H,16,17,18). The molecule has 1 aliphatic rings. The zero-order valence-electron chi connectivity index (χ0n) is 10.2. The molecule has 18 heavy (non-hydrogen) atoms. The summed E-state index contributed by atoms with van der Waals surface area (Å²) in [5, 5.41) is 2.93. The molecule has 0 aliphatic heterocycles. The van der Waals surface area contributed by atoms with Crippen LogP contribution in [-0.4, -0.2) is 16.0 Å². The fraction of sp³-hybridized carbons (Fsp3) is 0.667. The lowest BCUT2D eigenvalue weighted by Gasteiger charge is -2.24. The van der Waals surface area contributed by atoms with Gasteiger partial charge in [0.25, 0.3) is 0 Å². The maximum atomic E-state index is 12.8. The lowest BCUT2D eigenvalue weighted by molar-refractivity contribution is -0.137. The van der Waals surface area contributed by atoms with Gasteiger partial charge in [-0.05, 0) is 19.8 Å². The van der Waals surface area contributed by atoms with Crippen LogP contribution in [0.2, 0.25) is 0 Å². The van der Waals surface area contributed by atoms with Gasteiger partial charge in [0.15, 0.2) is 0 Å². The summed E-state index contributed by atoms with van der Waals surface area (Å²) in [5.41, 5.74) is -0.779. The molecule has 2 rings (SSSR count). The number of aryl methyl sites for hydroxylation is 1. The van der Waals surface area contributed by atoms with E-state index in [4.69, 9.17) is 0 Å². The van der Waals surface area contributed by atoms with Crippen molar-refractivity contribution in [3.63, 3.8) is 0 Å². The molecule has 1 heterocycles. The molecule has 1 saturated carbocycles. The van der Waals surface area contributed by atoms with Crippen LogP contribution in [0.4, 0.5) is 19.0 Å². The van der Waals surface area contributed by atoms with Crippen LogP contribution in [0.15, 0.2) is 6.20 Å². The third-order valence-electron chi connectivity index (χ3n) is 3.16. The number of aromatic nitrogens is 2.